The molecule has 0 spiro atoms. The normalized spacial score (nSPS) is 12.5. The van der Waals surface area contributed by atoms with Crippen molar-refractivity contribution in [3.8, 4) is 11.5 Å². The second-order valence-corrected chi connectivity index (χ2v) is 9.87. The number of hydrogen-bond donors (Lipinski definition) is 1. The fourth-order valence-electron chi connectivity index (χ4n) is 3.24. The van der Waals surface area contributed by atoms with Crippen LogP contribution < -0.4 is 5.32 Å². The van der Waals surface area contributed by atoms with Gasteiger partial charge < -0.3 is 9.73 Å². The highest BCUT2D eigenvalue weighted by Gasteiger charge is 2.23. The van der Waals surface area contributed by atoms with E-state index in [4.69, 9.17) is 16.0 Å². The van der Waals surface area contributed by atoms with Crippen LogP contribution in [0.4, 0.5) is 0 Å². The van der Waals surface area contributed by atoms with Crippen molar-refractivity contribution in [1.82, 2.24) is 10.3 Å². The van der Waals surface area contributed by atoms with E-state index in [0.29, 0.717) is 29.2 Å². The van der Waals surface area contributed by atoms with E-state index in [0.717, 1.165) is 5.56 Å². The molecule has 31 heavy (non-hydrogen) atoms. The van der Waals surface area contributed by atoms with Gasteiger partial charge in [-0.2, -0.15) is 0 Å². The van der Waals surface area contributed by atoms with Gasteiger partial charge in [0.1, 0.15) is 11.5 Å². The van der Waals surface area contributed by atoms with Gasteiger partial charge in [0.05, 0.1) is 22.0 Å². The molecule has 6 nitrogen and oxygen atoms in total. The molecule has 3 aromatic rings. The van der Waals surface area contributed by atoms with Crippen molar-refractivity contribution in [3.63, 3.8) is 0 Å². The predicted octanol–water partition coefficient (Wildman–Crippen LogP) is 4.36. The molecule has 0 radical (unpaired) electrons. The SMILES string of the molecule is CC[C@H](Cc1ccccc1)NC(=O)CS(=O)(=O)Cc1nc(-c2ccccc2Cl)oc1C. The Balaban J connectivity index is 1.64. The second-order valence-electron chi connectivity index (χ2n) is 7.40. The second kappa shape index (κ2) is 10.1. The summed E-state index contributed by atoms with van der Waals surface area (Å²) in [5, 5.41) is 3.29. The maximum atomic E-state index is 12.6. The van der Waals surface area contributed by atoms with Crippen molar-refractivity contribution >= 4 is 27.3 Å². The van der Waals surface area contributed by atoms with Crippen LogP contribution in [-0.4, -0.2) is 31.1 Å². The van der Waals surface area contributed by atoms with Crippen LogP contribution in [0.3, 0.4) is 0 Å². The summed E-state index contributed by atoms with van der Waals surface area (Å²) in [7, 11) is -3.73. The molecule has 8 heteroatoms. The van der Waals surface area contributed by atoms with Crippen molar-refractivity contribution in [2.45, 2.75) is 38.5 Å². The molecule has 1 amide bonds. The number of carbonyl (C=O) groups excluding carboxylic acids is 1. The van der Waals surface area contributed by atoms with E-state index in [1.54, 1.807) is 31.2 Å². The van der Waals surface area contributed by atoms with Crippen LogP contribution in [0, 0.1) is 6.92 Å². The Bertz CT molecular complexity index is 1140. The molecule has 0 aliphatic carbocycles. The summed E-state index contributed by atoms with van der Waals surface area (Å²) >= 11 is 6.17. The first-order valence-electron chi connectivity index (χ1n) is 10.0. The topological polar surface area (TPSA) is 89.3 Å². The lowest BCUT2D eigenvalue weighted by atomic mass is 10.0. The minimum atomic E-state index is -3.73. The Morgan fingerprint density at radius 2 is 1.81 bits per heavy atom. The van der Waals surface area contributed by atoms with Crippen LogP contribution >= 0.6 is 11.6 Å². The molecule has 164 valence electrons. The van der Waals surface area contributed by atoms with Gasteiger partial charge in [0, 0.05) is 6.04 Å². The Hall–Kier alpha value is -2.64. The average molecular weight is 461 g/mol. The number of nitrogens with zero attached hydrogens (tertiary/aromatic N) is 1. The highest BCUT2D eigenvalue weighted by atomic mass is 35.5. The zero-order valence-electron chi connectivity index (χ0n) is 17.5. The smallest absolute Gasteiger partial charge is 0.235 e. The number of rotatable bonds is 9. The van der Waals surface area contributed by atoms with E-state index in [9.17, 15) is 13.2 Å². The molecule has 2 aromatic carbocycles. The minimum Gasteiger partial charge on any atom is -0.441 e. The first-order valence-corrected chi connectivity index (χ1v) is 12.2. The summed E-state index contributed by atoms with van der Waals surface area (Å²) in [5.41, 5.74) is 1.95. The van der Waals surface area contributed by atoms with Gasteiger partial charge in [-0.15, -0.1) is 0 Å². The van der Waals surface area contributed by atoms with Crippen molar-refractivity contribution in [3.05, 3.63) is 76.6 Å². The van der Waals surface area contributed by atoms with Gasteiger partial charge in [-0.25, -0.2) is 13.4 Å². The minimum absolute atomic E-state index is 0.134. The van der Waals surface area contributed by atoms with E-state index in [2.05, 4.69) is 10.3 Å². The third-order valence-corrected chi connectivity index (χ3v) is 6.63. The lowest BCUT2D eigenvalue weighted by Gasteiger charge is -2.17. The van der Waals surface area contributed by atoms with Gasteiger partial charge in [0.15, 0.2) is 9.84 Å². The number of nitrogens with one attached hydrogen (secondary N) is 1. The van der Waals surface area contributed by atoms with Crippen molar-refractivity contribution in [2.24, 2.45) is 0 Å². The molecule has 1 heterocycles. The lowest BCUT2D eigenvalue weighted by Crippen LogP contribution is -2.39. The molecule has 1 N–H and O–H groups in total. The number of sulfone groups is 1. The van der Waals surface area contributed by atoms with E-state index in [1.165, 1.54) is 0 Å². The standard InChI is InChI=1S/C23H25ClN2O4S/c1-3-18(13-17-9-5-4-6-10-17)25-22(27)15-31(28,29)14-21-16(2)30-23(26-21)19-11-7-8-12-20(19)24/h4-12,18H,3,13-15H2,1-2H3,(H,25,27)/t18-/m1/s1. The number of aromatic nitrogens is 1. The van der Waals surface area contributed by atoms with Crippen LogP contribution in [0.15, 0.2) is 59.0 Å². The van der Waals surface area contributed by atoms with Gasteiger partial charge in [0.2, 0.25) is 11.8 Å². The number of oxazole rings is 1. The molecule has 1 aromatic heterocycles. The molecule has 0 aliphatic rings. The third-order valence-electron chi connectivity index (χ3n) is 4.89. The molecule has 0 aliphatic heterocycles. The Morgan fingerprint density at radius 1 is 1.13 bits per heavy atom. The number of hydrogen-bond acceptors (Lipinski definition) is 5. The van der Waals surface area contributed by atoms with Gasteiger partial charge in [-0.05, 0) is 37.5 Å². The van der Waals surface area contributed by atoms with Gasteiger partial charge in [0.25, 0.3) is 0 Å². The van der Waals surface area contributed by atoms with Gasteiger partial charge in [-0.3, -0.25) is 4.79 Å². The van der Waals surface area contributed by atoms with Gasteiger partial charge >= 0.3 is 0 Å². The average Bonchev–Trinajstić information content (AvgIpc) is 3.07. The molecule has 0 saturated carbocycles. The Kier molecular flexibility index (Phi) is 7.51. The van der Waals surface area contributed by atoms with Crippen molar-refractivity contribution in [2.75, 3.05) is 5.75 Å². The van der Waals surface area contributed by atoms with E-state index in [1.807, 2.05) is 37.3 Å². The summed E-state index contributed by atoms with van der Waals surface area (Å²) in [4.78, 5) is 16.7. The zero-order valence-corrected chi connectivity index (χ0v) is 19.0. The van der Waals surface area contributed by atoms with Crippen LogP contribution in [-0.2, 0) is 26.8 Å². The molecule has 3 rings (SSSR count). The number of carbonyl (C=O) groups is 1. The third kappa shape index (κ3) is 6.42. The van der Waals surface area contributed by atoms with E-state index >= 15 is 0 Å². The summed E-state index contributed by atoms with van der Waals surface area (Å²) in [6, 6.07) is 16.7. The number of aryl methyl sites for hydroxylation is 1. The molecule has 0 bridgehead atoms. The maximum Gasteiger partial charge on any atom is 0.235 e. The maximum absolute atomic E-state index is 12.6. The molecule has 1 atom stereocenters. The molecular weight excluding hydrogens is 436 g/mol. The van der Waals surface area contributed by atoms with Crippen molar-refractivity contribution in [1.29, 1.82) is 0 Å². The summed E-state index contributed by atoms with van der Waals surface area (Å²) in [6.07, 6.45) is 1.34. The molecular formula is C23H25ClN2O4S. The highest BCUT2D eigenvalue weighted by Crippen LogP contribution is 2.29. The summed E-state index contributed by atoms with van der Waals surface area (Å²) in [5.74, 6) is -0.863. The first kappa shape index (κ1) is 23.0. The quantitative estimate of drug-likeness (QED) is 0.512. The summed E-state index contributed by atoms with van der Waals surface area (Å²) < 4.78 is 30.9. The Morgan fingerprint density at radius 3 is 2.48 bits per heavy atom. The zero-order chi connectivity index (χ0) is 22.4. The fraction of sp³-hybridized carbons (Fsp3) is 0.304. The molecule has 0 unspecified atom stereocenters. The number of halogens is 1. The largest absolute Gasteiger partial charge is 0.441 e. The molecule has 0 fully saturated rings. The summed E-state index contributed by atoms with van der Waals surface area (Å²) in [6.45, 7) is 3.60. The van der Waals surface area contributed by atoms with E-state index in [-0.39, 0.29) is 23.4 Å². The van der Waals surface area contributed by atoms with E-state index < -0.39 is 21.5 Å². The van der Waals surface area contributed by atoms with Crippen molar-refractivity contribution < 1.29 is 17.6 Å². The monoisotopic (exact) mass is 460 g/mol. The first-order chi connectivity index (χ1) is 14.8. The number of amides is 1. The lowest BCUT2D eigenvalue weighted by molar-refractivity contribution is -0.119. The predicted molar refractivity (Wildman–Crippen MR) is 122 cm³/mol. The highest BCUT2D eigenvalue weighted by molar-refractivity contribution is 7.91. The van der Waals surface area contributed by atoms with Crippen LogP contribution in [0.1, 0.15) is 30.4 Å². The Labute approximate surface area is 187 Å². The van der Waals surface area contributed by atoms with Gasteiger partial charge in [-0.1, -0.05) is 61.0 Å². The van der Waals surface area contributed by atoms with Crippen LogP contribution in [0.2, 0.25) is 5.02 Å². The number of benzene rings is 2. The fourth-order valence-corrected chi connectivity index (χ4v) is 4.72. The van der Waals surface area contributed by atoms with Crippen LogP contribution in [0.25, 0.3) is 11.5 Å². The molecule has 0 saturated heterocycles. The van der Waals surface area contributed by atoms with Crippen LogP contribution in [0.5, 0.6) is 0 Å².